The Hall–Kier alpha value is -0.450. The number of aliphatic hydroxyl groups excluding tert-OH is 1. The number of alkyl halides is 2. The van der Waals surface area contributed by atoms with Gasteiger partial charge in [0.05, 0.1) is 4.92 Å². The van der Waals surface area contributed by atoms with Gasteiger partial charge in [0.2, 0.25) is 2.21 Å². The molecule has 0 heterocycles. The molecule has 0 aliphatic carbocycles. The maximum Gasteiger partial charge on any atom is 0.269 e. The predicted molar refractivity (Wildman–Crippen MR) is 75.5 cm³/mol. The molecule has 1 aromatic rings. The van der Waals surface area contributed by atoms with E-state index in [0.29, 0.717) is 0 Å². The second-order valence-electron chi connectivity index (χ2n) is 3.59. The Labute approximate surface area is 122 Å². The molecule has 18 heavy (non-hydrogen) atoms. The minimum absolute atomic E-state index is 0.0685. The lowest BCUT2D eigenvalue weighted by atomic mass is 10.1. The van der Waals surface area contributed by atoms with Gasteiger partial charge in [-0.25, -0.2) is 8.42 Å². The fourth-order valence-electron chi connectivity index (χ4n) is 1.21. The van der Waals surface area contributed by atoms with Crippen LogP contribution >= 0.6 is 34.2 Å². The first-order chi connectivity index (χ1) is 8.07. The number of hydrogen-bond acceptors (Lipinski definition) is 5. The van der Waals surface area contributed by atoms with Gasteiger partial charge in [-0.1, -0.05) is 23.7 Å². The molecular formula is C9H9ClINO5S. The summed E-state index contributed by atoms with van der Waals surface area (Å²) in [7, 11) is -3.75. The number of sulfone groups is 1. The van der Waals surface area contributed by atoms with Gasteiger partial charge >= 0.3 is 0 Å². The van der Waals surface area contributed by atoms with Gasteiger partial charge in [0, 0.05) is 18.4 Å². The molecule has 9 heteroatoms. The molecule has 0 fully saturated rings. The first kappa shape index (κ1) is 15.6. The highest BCUT2D eigenvalue weighted by atomic mass is 127. The summed E-state index contributed by atoms with van der Waals surface area (Å²) in [4.78, 5) is 9.95. The molecule has 0 aliphatic rings. The van der Waals surface area contributed by atoms with E-state index < -0.39 is 23.1 Å². The Balaban J connectivity index is 3.23. The van der Waals surface area contributed by atoms with E-state index in [1.54, 1.807) is 0 Å². The first-order valence-electron chi connectivity index (χ1n) is 4.57. The lowest BCUT2D eigenvalue weighted by Gasteiger charge is -2.24. The molecule has 0 radical (unpaired) electrons. The second kappa shape index (κ2) is 5.27. The Morgan fingerprint density at radius 3 is 2.56 bits per heavy atom. The molecule has 1 N–H and O–H groups in total. The van der Waals surface area contributed by atoms with Crippen LogP contribution in [0.2, 0.25) is 0 Å². The molecule has 0 aromatic heterocycles. The van der Waals surface area contributed by atoms with E-state index in [0.717, 1.165) is 12.3 Å². The van der Waals surface area contributed by atoms with Crippen molar-refractivity contribution in [1.29, 1.82) is 0 Å². The van der Waals surface area contributed by atoms with Crippen molar-refractivity contribution in [2.45, 2.75) is 8.32 Å². The molecule has 0 saturated carbocycles. The van der Waals surface area contributed by atoms with Crippen LogP contribution in [0.5, 0.6) is 0 Å². The van der Waals surface area contributed by atoms with Gasteiger partial charge in [0.1, 0.15) is 6.10 Å². The monoisotopic (exact) mass is 405 g/mol. The zero-order chi connectivity index (χ0) is 14.1. The Morgan fingerprint density at radius 1 is 1.56 bits per heavy atom. The van der Waals surface area contributed by atoms with Crippen LogP contribution in [0.4, 0.5) is 5.69 Å². The van der Waals surface area contributed by atoms with Crippen LogP contribution in [-0.2, 0) is 9.84 Å². The van der Waals surface area contributed by atoms with Crippen molar-refractivity contribution in [2.75, 3.05) is 6.26 Å². The number of halogens is 2. The van der Waals surface area contributed by atoms with Crippen LogP contribution in [0.15, 0.2) is 24.3 Å². The van der Waals surface area contributed by atoms with Crippen LogP contribution in [0.25, 0.3) is 0 Å². The van der Waals surface area contributed by atoms with Gasteiger partial charge in [-0.3, -0.25) is 10.1 Å². The third kappa shape index (κ3) is 3.11. The number of aliphatic hydroxyl groups is 1. The molecule has 1 rings (SSSR count). The van der Waals surface area contributed by atoms with Gasteiger partial charge in [-0.2, -0.15) is 0 Å². The van der Waals surface area contributed by atoms with Crippen LogP contribution in [-0.4, -0.2) is 26.9 Å². The van der Waals surface area contributed by atoms with Crippen LogP contribution in [0, 0.1) is 10.1 Å². The summed E-state index contributed by atoms with van der Waals surface area (Å²) < 4.78 is 20.9. The maximum atomic E-state index is 11.5. The van der Waals surface area contributed by atoms with Crippen LogP contribution in [0.3, 0.4) is 0 Å². The largest absolute Gasteiger partial charge is 0.385 e. The lowest BCUT2D eigenvalue weighted by molar-refractivity contribution is -0.385. The summed E-state index contributed by atoms with van der Waals surface area (Å²) in [5.41, 5.74) is -0.178. The highest BCUT2D eigenvalue weighted by molar-refractivity contribution is 14.1. The van der Waals surface area contributed by atoms with Crippen molar-refractivity contribution in [2.24, 2.45) is 0 Å². The number of rotatable bonds is 4. The van der Waals surface area contributed by atoms with E-state index >= 15 is 0 Å². The first-order valence-corrected chi connectivity index (χ1v) is 7.92. The summed E-state index contributed by atoms with van der Waals surface area (Å²) in [5, 5.41) is 20.5. The van der Waals surface area contributed by atoms with E-state index in [1.807, 2.05) is 0 Å². The third-order valence-corrected chi connectivity index (χ3v) is 7.46. The highest BCUT2D eigenvalue weighted by Gasteiger charge is 2.44. The van der Waals surface area contributed by atoms with Gasteiger partial charge < -0.3 is 5.11 Å². The summed E-state index contributed by atoms with van der Waals surface area (Å²) in [5.74, 6) is 0. The van der Waals surface area contributed by atoms with Crippen LogP contribution < -0.4 is 0 Å². The SMILES string of the molecule is CS(=O)(=O)[C@@](Cl)(I)[C@@H](O)c1cccc([N+](=O)[O-])c1. The van der Waals surface area contributed by atoms with Crippen molar-refractivity contribution >= 4 is 49.7 Å². The third-order valence-electron chi connectivity index (χ3n) is 2.21. The molecule has 0 bridgehead atoms. The smallest absolute Gasteiger partial charge is 0.269 e. The molecule has 2 atom stereocenters. The van der Waals surface area contributed by atoms with Gasteiger partial charge in [0.25, 0.3) is 5.69 Å². The molecule has 0 aliphatic heterocycles. The molecular weight excluding hydrogens is 397 g/mol. The van der Waals surface area contributed by atoms with E-state index in [-0.39, 0.29) is 11.3 Å². The summed E-state index contributed by atoms with van der Waals surface area (Å²) in [6.45, 7) is 0. The van der Waals surface area contributed by atoms with Gasteiger partial charge in [-0.05, 0) is 28.2 Å². The average molecular weight is 406 g/mol. The standard InChI is InChI=1S/C9H9ClINO5S/c1-18(16,17)9(10,11)8(13)6-3-2-4-7(5-6)12(14)15/h2-5,8,13H,1H3/t8-,9-/m0/s1. The summed E-state index contributed by atoms with van der Waals surface area (Å²) in [6.07, 6.45) is -0.692. The normalized spacial score (nSPS) is 16.9. The Kier molecular flexibility index (Phi) is 4.57. The van der Waals surface area contributed by atoms with Crippen molar-refractivity contribution in [3.05, 3.63) is 39.9 Å². The number of nitro groups is 1. The summed E-state index contributed by atoms with van der Waals surface area (Å²) >= 11 is 7.21. The molecule has 1 aromatic carbocycles. The molecule has 0 saturated heterocycles. The molecule has 0 unspecified atom stereocenters. The topological polar surface area (TPSA) is 97.5 Å². The molecule has 0 amide bonds. The minimum atomic E-state index is -3.75. The van der Waals surface area contributed by atoms with Crippen LogP contribution in [0.1, 0.15) is 11.7 Å². The quantitative estimate of drug-likeness (QED) is 0.358. The van der Waals surface area contributed by atoms with Gasteiger partial charge in [-0.15, -0.1) is 0 Å². The van der Waals surface area contributed by atoms with E-state index in [2.05, 4.69) is 0 Å². The van der Waals surface area contributed by atoms with Crippen molar-refractivity contribution in [3.63, 3.8) is 0 Å². The molecule has 6 nitrogen and oxygen atoms in total. The summed E-state index contributed by atoms with van der Waals surface area (Å²) in [6, 6.07) is 5.05. The number of benzene rings is 1. The highest BCUT2D eigenvalue weighted by Crippen LogP contribution is 2.43. The lowest BCUT2D eigenvalue weighted by Crippen LogP contribution is -2.32. The second-order valence-corrected chi connectivity index (χ2v) is 9.67. The zero-order valence-electron chi connectivity index (χ0n) is 9.08. The zero-order valence-corrected chi connectivity index (χ0v) is 12.8. The molecule has 100 valence electrons. The Bertz CT molecular complexity index is 574. The number of nitrogens with zero attached hydrogens (tertiary/aromatic N) is 1. The van der Waals surface area contributed by atoms with Crippen molar-refractivity contribution in [1.82, 2.24) is 0 Å². The number of non-ortho nitro benzene ring substituents is 1. The molecule has 0 spiro atoms. The fourth-order valence-corrected chi connectivity index (χ4v) is 2.23. The van der Waals surface area contributed by atoms with Crippen molar-refractivity contribution < 1.29 is 18.4 Å². The average Bonchev–Trinajstić information content (AvgIpc) is 2.26. The minimum Gasteiger partial charge on any atom is -0.385 e. The van der Waals surface area contributed by atoms with E-state index in [1.165, 1.54) is 40.8 Å². The number of hydrogen-bond donors (Lipinski definition) is 1. The van der Waals surface area contributed by atoms with E-state index in [4.69, 9.17) is 11.6 Å². The fraction of sp³-hybridized carbons (Fsp3) is 0.333. The van der Waals surface area contributed by atoms with Crippen molar-refractivity contribution in [3.8, 4) is 0 Å². The predicted octanol–water partition coefficient (Wildman–Crippen LogP) is 2.00. The van der Waals surface area contributed by atoms with E-state index in [9.17, 15) is 23.6 Å². The number of nitro benzene ring substituents is 1. The van der Waals surface area contributed by atoms with Gasteiger partial charge in [0.15, 0.2) is 9.84 Å². The Morgan fingerprint density at radius 2 is 2.11 bits per heavy atom. The maximum absolute atomic E-state index is 11.5.